The molecule has 0 spiro atoms. The minimum absolute atomic E-state index is 0.470. The predicted octanol–water partition coefficient (Wildman–Crippen LogP) is 4.14. The Hall–Kier alpha value is -4.70. The molecule has 10 nitrogen and oxygen atoms in total. The standard InChI is InChI=1S/C29H27N9O/c1-18-10-26(36-35-18)33-29-24-4-2-3-5-25(24)32-28(34-29)20-7-9-27(31-13-20)37-15-22-11-23(16-37)38(22)14-19-6-8-21(17-39)30-12-19/h2-10,12-13,17,22-23H,11,14-16H2,1H3,(H2,32,33,34,35,36). The number of aryl methyl sites for hydroxylation is 1. The predicted molar refractivity (Wildman–Crippen MR) is 149 cm³/mol. The van der Waals surface area contributed by atoms with Crippen LogP contribution in [0.1, 0.15) is 28.2 Å². The summed E-state index contributed by atoms with van der Waals surface area (Å²) in [5.41, 5.74) is 4.30. The molecule has 2 bridgehead atoms. The molecule has 0 saturated carbocycles. The number of hydrogen-bond acceptors (Lipinski definition) is 9. The van der Waals surface area contributed by atoms with E-state index in [-0.39, 0.29) is 0 Å². The van der Waals surface area contributed by atoms with E-state index >= 15 is 0 Å². The van der Waals surface area contributed by atoms with Crippen molar-refractivity contribution in [2.75, 3.05) is 23.3 Å². The molecule has 194 valence electrons. The summed E-state index contributed by atoms with van der Waals surface area (Å²) in [5, 5.41) is 11.5. The summed E-state index contributed by atoms with van der Waals surface area (Å²) in [4.78, 5) is 34.4. The first-order chi connectivity index (χ1) is 19.1. The van der Waals surface area contributed by atoms with Crippen LogP contribution in [0, 0.1) is 6.92 Å². The number of benzene rings is 1. The number of para-hydroxylation sites is 1. The van der Waals surface area contributed by atoms with Crippen LogP contribution in [0.5, 0.6) is 0 Å². The van der Waals surface area contributed by atoms with Crippen LogP contribution in [0.3, 0.4) is 0 Å². The van der Waals surface area contributed by atoms with Gasteiger partial charge in [0.05, 0.1) is 5.52 Å². The molecule has 7 heterocycles. The molecule has 10 heteroatoms. The Balaban J connectivity index is 1.08. The Morgan fingerprint density at radius 2 is 1.90 bits per heavy atom. The number of pyridine rings is 2. The van der Waals surface area contributed by atoms with Gasteiger partial charge in [-0.05, 0) is 49.2 Å². The average Bonchev–Trinajstić information content (AvgIpc) is 3.40. The number of anilines is 3. The summed E-state index contributed by atoms with van der Waals surface area (Å²) in [5.74, 6) is 3.00. The van der Waals surface area contributed by atoms with Crippen molar-refractivity contribution in [3.63, 3.8) is 0 Å². The molecule has 0 radical (unpaired) electrons. The number of piperidine rings is 1. The molecule has 3 aliphatic rings. The molecule has 1 aromatic carbocycles. The van der Waals surface area contributed by atoms with E-state index in [1.54, 1.807) is 6.07 Å². The average molecular weight is 518 g/mol. The van der Waals surface area contributed by atoms with Gasteiger partial charge in [0.2, 0.25) is 0 Å². The highest BCUT2D eigenvalue weighted by Crippen LogP contribution is 2.36. The number of aldehydes is 1. The molecule has 3 aliphatic heterocycles. The van der Waals surface area contributed by atoms with Crippen molar-refractivity contribution >= 4 is 34.6 Å². The van der Waals surface area contributed by atoms with Crippen LogP contribution in [0.15, 0.2) is 67.0 Å². The lowest BCUT2D eigenvalue weighted by molar-refractivity contribution is -0.00875. The Kier molecular flexibility index (Phi) is 5.74. The fourth-order valence-electron chi connectivity index (χ4n) is 5.55. The molecule has 2 atom stereocenters. The topological polar surface area (TPSA) is 116 Å². The van der Waals surface area contributed by atoms with Gasteiger partial charge in [0.15, 0.2) is 17.9 Å². The van der Waals surface area contributed by atoms with Crippen LogP contribution in [0.25, 0.3) is 22.3 Å². The van der Waals surface area contributed by atoms with Gasteiger partial charge in [0.25, 0.3) is 0 Å². The van der Waals surface area contributed by atoms with Gasteiger partial charge in [-0.3, -0.25) is 19.8 Å². The number of aromatic amines is 1. The van der Waals surface area contributed by atoms with Gasteiger partial charge in [-0.25, -0.2) is 15.0 Å². The monoisotopic (exact) mass is 517 g/mol. The third-order valence-electron chi connectivity index (χ3n) is 7.56. The van der Waals surface area contributed by atoms with Crippen molar-refractivity contribution in [1.29, 1.82) is 0 Å². The number of nitrogens with one attached hydrogen (secondary N) is 2. The zero-order valence-electron chi connectivity index (χ0n) is 21.5. The zero-order chi connectivity index (χ0) is 26.3. The first kappa shape index (κ1) is 23.4. The van der Waals surface area contributed by atoms with E-state index in [4.69, 9.17) is 15.0 Å². The molecule has 0 aliphatic carbocycles. The first-order valence-corrected chi connectivity index (χ1v) is 13.1. The molecule has 39 heavy (non-hydrogen) atoms. The molecule has 0 amide bonds. The first-order valence-electron chi connectivity index (χ1n) is 13.1. The van der Waals surface area contributed by atoms with Crippen molar-refractivity contribution in [2.24, 2.45) is 0 Å². The lowest BCUT2D eigenvalue weighted by Gasteiger charge is -2.56. The molecule has 8 rings (SSSR count). The summed E-state index contributed by atoms with van der Waals surface area (Å²) < 4.78 is 0. The number of carbonyl (C=O) groups is 1. The number of H-pyrrole nitrogens is 1. The highest BCUT2D eigenvalue weighted by molar-refractivity contribution is 5.92. The normalized spacial score (nSPS) is 18.6. The Labute approximate surface area is 225 Å². The molecular formula is C29H27N9O. The van der Waals surface area contributed by atoms with Gasteiger partial charge in [0.1, 0.15) is 17.3 Å². The van der Waals surface area contributed by atoms with Crippen molar-refractivity contribution in [1.82, 2.24) is 35.0 Å². The third-order valence-corrected chi connectivity index (χ3v) is 7.56. The molecular weight excluding hydrogens is 490 g/mol. The van der Waals surface area contributed by atoms with E-state index in [1.807, 2.05) is 61.8 Å². The summed E-state index contributed by atoms with van der Waals surface area (Å²) in [6, 6.07) is 18.8. The van der Waals surface area contributed by atoms with E-state index in [0.29, 0.717) is 35.2 Å². The van der Waals surface area contributed by atoms with Gasteiger partial charge in [-0.2, -0.15) is 5.10 Å². The van der Waals surface area contributed by atoms with E-state index in [1.165, 1.54) is 6.42 Å². The number of fused-ring (bicyclic) bond motifs is 3. The molecule has 2 N–H and O–H groups in total. The molecule has 3 saturated heterocycles. The maximum Gasteiger partial charge on any atom is 0.168 e. The second-order valence-corrected chi connectivity index (χ2v) is 10.2. The van der Waals surface area contributed by atoms with Crippen molar-refractivity contribution in [3.05, 3.63) is 83.9 Å². The molecule has 5 aromatic rings. The maximum absolute atomic E-state index is 10.9. The lowest BCUT2D eigenvalue weighted by Crippen LogP contribution is -2.68. The van der Waals surface area contributed by atoms with Crippen molar-refractivity contribution in [3.8, 4) is 11.4 Å². The highest BCUT2D eigenvalue weighted by atomic mass is 16.1. The second kappa shape index (κ2) is 9.55. The minimum atomic E-state index is 0.470. The number of rotatable bonds is 7. The maximum atomic E-state index is 10.9. The van der Waals surface area contributed by atoms with Gasteiger partial charge in [-0.1, -0.05) is 18.2 Å². The number of nitrogens with zero attached hydrogens (tertiary/aromatic N) is 7. The lowest BCUT2D eigenvalue weighted by atomic mass is 9.87. The van der Waals surface area contributed by atoms with E-state index < -0.39 is 0 Å². The fraction of sp³-hybridized carbons (Fsp3) is 0.241. The fourth-order valence-corrected chi connectivity index (χ4v) is 5.55. The Morgan fingerprint density at radius 3 is 2.62 bits per heavy atom. The number of hydrogen-bond donors (Lipinski definition) is 2. The highest BCUT2D eigenvalue weighted by Gasteiger charge is 2.44. The van der Waals surface area contributed by atoms with E-state index in [2.05, 4.69) is 36.4 Å². The summed E-state index contributed by atoms with van der Waals surface area (Å²) in [6.07, 6.45) is 5.65. The van der Waals surface area contributed by atoms with Crippen LogP contribution >= 0.6 is 0 Å². The molecule has 2 unspecified atom stereocenters. The summed E-state index contributed by atoms with van der Waals surface area (Å²) in [7, 11) is 0. The number of carbonyl (C=O) groups excluding carboxylic acids is 1. The van der Waals surface area contributed by atoms with Gasteiger partial charge in [0, 0.05) is 66.8 Å². The van der Waals surface area contributed by atoms with Crippen LogP contribution in [0.2, 0.25) is 0 Å². The van der Waals surface area contributed by atoms with Crippen LogP contribution in [-0.2, 0) is 6.54 Å². The number of aromatic nitrogens is 6. The third kappa shape index (κ3) is 4.48. The number of piperazine rings is 1. The summed E-state index contributed by atoms with van der Waals surface area (Å²) in [6.45, 7) is 4.69. The van der Waals surface area contributed by atoms with Crippen molar-refractivity contribution in [2.45, 2.75) is 32.0 Å². The van der Waals surface area contributed by atoms with E-state index in [9.17, 15) is 4.79 Å². The van der Waals surface area contributed by atoms with Gasteiger partial charge < -0.3 is 10.2 Å². The van der Waals surface area contributed by atoms with Crippen molar-refractivity contribution < 1.29 is 4.79 Å². The van der Waals surface area contributed by atoms with Crippen LogP contribution in [-0.4, -0.2) is 66.5 Å². The second-order valence-electron chi connectivity index (χ2n) is 10.2. The summed E-state index contributed by atoms with van der Waals surface area (Å²) >= 11 is 0. The van der Waals surface area contributed by atoms with Gasteiger partial charge in [-0.15, -0.1) is 0 Å². The van der Waals surface area contributed by atoms with E-state index in [0.717, 1.165) is 59.5 Å². The SMILES string of the molecule is Cc1cc(Nc2nc(-c3ccc(N4CC5CC(C4)N5Cc4ccc(C=O)nc4)nc3)nc3ccccc23)n[nH]1. The van der Waals surface area contributed by atoms with Gasteiger partial charge >= 0.3 is 0 Å². The minimum Gasteiger partial charge on any atom is -0.353 e. The molecule has 4 aromatic heterocycles. The molecule has 3 fully saturated rings. The quantitative estimate of drug-likeness (QED) is 0.307. The zero-order valence-corrected chi connectivity index (χ0v) is 21.5. The smallest absolute Gasteiger partial charge is 0.168 e. The van der Waals surface area contributed by atoms with Crippen LogP contribution in [0.4, 0.5) is 17.5 Å². The van der Waals surface area contributed by atoms with Crippen LogP contribution < -0.4 is 10.2 Å². The largest absolute Gasteiger partial charge is 0.353 e. The Bertz CT molecular complexity index is 1640. The Morgan fingerprint density at radius 1 is 1.03 bits per heavy atom.